The van der Waals surface area contributed by atoms with Crippen molar-refractivity contribution in [2.45, 2.75) is 10.8 Å². The normalized spacial score (nSPS) is 11.4. The number of hydrogen-bond acceptors (Lipinski definition) is 5. The van der Waals surface area contributed by atoms with Crippen molar-refractivity contribution < 1.29 is 8.42 Å². The van der Waals surface area contributed by atoms with Gasteiger partial charge in [-0.1, -0.05) is 0 Å². The molecule has 0 aliphatic carbocycles. The summed E-state index contributed by atoms with van der Waals surface area (Å²) in [6.07, 6.45) is 4.50. The average Bonchev–Trinajstić information content (AvgIpc) is 2.28. The molecular formula is C11H10BrN3O2S. The average molecular weight is 328 g/mol. The van der Waals surface area contributed by atoms with Crippen molar-refractivity contribution >= 4 is 31.5 Å². The highest BCUT2D eigenvalue weighted by atomic mass is 79.9. The predicted octanol–water partition coefficient (Wildman–Crippen LogP) is 1.80. The molecule has 94 valence electrons. The molecule has 0 radical (unpaired) electrons. The van der Waals surface area contributed by atoms with E-state index in [4.69, 9.17) is 5.73 Å². The Labute approximate surface area is 113 Å². The maximum absolute atomic E-state index is 12.1. The zero-order valence-electron chi connectivity index (χ0n) is 9.25. The molecule has 2 N–H and O–H groups in total. The number of rotatable bonds is 3. The van der Waals surface area contributed by atoms with Gasteiger partial charge in [0, 0.05) is 23.1 Å². The molecule has 0 fully saturated rings. The van der Waals surface area contributed by atoms with Gasteiger partial charge in [0.25, 0.3) is 0 Å². The van der Waals surface area contributed by atoms with Gasteiger partial charge in [0.15, 0.2) is 5.03 Å². The van der Waals surface area contributed by atoms with Gasteiger partial charge in [-0.3, -0.25) is 4.98 Å². The summed E-state index contributed by atoms with van der Waals surface area (Å²) in [6.45, 7) is 0. The molecule has 2 rings (SSSR count). The Bertz CT molecular complexity index is 673. The van der Waals surface area contributed by atoms with Gasteiger partial charge in [-0.15, -0.1) is 0 Å². The van der Waals surface area contributed by atoms with Crippen molar-refractivity contribution in [3.05, 3.63) is 46.8 Å². The molecule has 2 heterocycles. The summed E-state index contributed by atoms with van der Waals surface area (Å²) >= 11 is 3.24. The van der Waals surface area contributed by atoms with Crippen molar-refractivity contribution in [2.24, 2.45) is 0 Å². The Morgan fingerprint density at radius 2 is 2.11 bits per heavy atom. The number of pyridine rings is 2. The summed E-state index contributed by atoms with van der Waals surface area (Å²) in [5, 5.41) is -0.0926. The lowest BCUT2D eigenvalue weighted by molar-refractivity contribution is 0.592. The van der Waals surface area contributed by atoms with E-state index in [0.29, 0.717) is 5.56 Å². The lowest BCUT2D eigenvalue weighted by atomic mass is 10.3. The molecule has 2 aromatic heterocycles. The van der Waals surface area contributed by atoms with Gasteiger partial charge < -0.3 is 5.73 Å². The van der Waals surface area contributed by atoms with Gasteiger partial charge in [0.1, 0.15) is 0 Å². The first-order valence-electron chi connectivity index (χ1n) is 5.02. The van der Waals surface area contributed by atoms with Crippen LogP contribution >= 0.6 is 15.9 Å². The van der Waals surface area contributed by atoms with Crippen LogP contribution in [0.1, 0.15) is 5.56 Å². The molecule has 0 spiro atoms. The molecule has 0 amide bonds. The van der Waals surface area contributed by atoms with E-state index >= 15 is 0 Å². The lowest BCUT2D eigenvalue weighted by Crippen LogP contribution is -2.10. The molecule has 5 nitrogen and oxygen atoms in total. The van der Waals surface area contributed by atoms with E-state index in [0.717, 1.165) is 4.47 Å². The molecule has 0 unspecified atom stereocenters. The largest absolute Gasteiger partial charge is 0.396 e. The number of nitrogens with two attached hydrogens (primary N) is 1. The molecule has 0 aliphatic rings. The second-order valence-electron chi connectivity index (χ2n) is 3.67. The van der Waals surface area contributed by atoms with Crippen LogP contribution < -0.4 is 5.73 Å². The zero-order chi connectivity index (χ0) is 13.2. The van der Waals surface area contributed by atoms with Crippen LogP contribution in [0.5, 0.6) is 0 Å². The van der Waals surface area contributed by atoms with Crippen molar-refractivity contribution in [1.29, 1.82) is 0 Å². The van der Waals surface area contributed by atoms with E-state index in [-0.39, 0.29) is 16.5 Å². The molecular weight excluding hydrogens is 318 g/mol. The second kappa shape index (κ2) is 5.03. The minimum atomic E-state index is -3.56. The maximum Gasteiger partial charge on any atom is 0.201 e. The zero-order valence-corrected chi connectivity index (χ0v) is 11.6. The summed E-state index contributed by atoms with van der Waals surface area (Å²) in [7, 11) is -3.56. The first-order chi connectivity index (χ1) is 8.49. The number of aromatic nitrogens is 2. The highest BCUT2D eigenvalue weighted by molar-refractivity contribution is 9.10. The SMILES string of the molecule is Nc1cccnc1S(=O)(=O)Cc1cncc(Br)c1. The topological polar surface area (TPSA) is 85.9 Å². The van der Waals surface area contributed by atoms with Crippen LogP contribution in [-0.4, -0.2) is 18.4 Å². The first-order valence-corrected chi connectivity index (χ1v) is 7.46. The summed E-state index contributed by atoms with van der Waals surface area (Å²) in [6, 6.07) is 4.80. The molecule has 0 bridgehead atoms. The summed E-state index contributed by atoms with van der Waals surface area (Å²) < 4.78 is 25.0. The van der Waals surface area contributed by atoms with E-state index in [2.05, 4.69) is 25.9 Å². The van der Waals surface area contributed by atoms with Gasteiger partial charge in [-0.05, 0) is 39.7 Å². The third kappa shape index (κ3) is 2.85. The lowest BCUT2D eigenvalue weighted by Gasteiger charge is -2.06. The van der Waals surface area contributed by atoms with E-state index in [1.165, 1.54) is 18.5 Å². The summed E-state index contributed by atoms with van der Waals surface area (Å²) in [5.74, 6) is -0.180. The third-order valence-electron chi connectivity index (χ3n) is 2.21. The molecule has 0 aliphatic heterocycles. The highest BCUT2D eigenvalue weighted by Crippen LogP contribution is 2.20. The quantitative estimate of drug-likeness (QED) is 0.928. The van der Waals surface area contributed by atoms with E-state index in [9.17, 15) is 8.42 Å². The van der Waals surface area contributed by atoms with E-state index in [1.807, 2.05) is 0 Å². The fraction of sp³-hybridized carbons (Fsp3) is 0.0909. The molecule has 0 saturated carbocycles. The van der Waals surface area contributed by atoms with Crippen LogP contribution in [0.3, 0.4) is 0 Å². The van der Waals surface area contributed by atoms with Crippen molar-refractivity contribution in [2.75, 3.05) is 5.73 Å². The van der Waals surface area contributed by atoms with Crippen molar-refractivity contribution in [1.82, 2.24) is 9.97 Å². The standard InChI is InChI=1S/C11H10BrN3O2S/c12-9-4-8(5-14-6-9)7-18(16,17)11-10(13)2-1-3-15-11/h1-6H,7,13H2. The second-order valence-corrected chi connectivity index (χ2v) is 6.49. The molecule has 0 saturated heterocycles. The number of nitrogens with zero attached hydrogens (tertiary/aromatic N) is 2. The Hall–Kier alpha value is -1.47. The number of nitrogen functional groups attached to an aromatic ring is 1. The highest BCUT2D eigenvalue weighted by Gasteiger charge is 2.19. The number of halogens is 1. The number of anilines is 1. The van der Waals surface area contributed by atoms with Gasteiger partial charge in [-0.25, -0.2) is 13.4 Å². The maximum atomic E-state index is 12.1. The molecule has 18 heavy (non-hydrogen) atoms. The molecule has 0 aromatic carbocycles. The fourth-order valence-corrected chi connectivity index (χ4v) is 3.28. The number of hydrogen-bond donors (Lipinski definition) is 1. The van der Waals surface area contributed by atoms with Crippen molar-refractivity contribution in [3.8, 4) is 0 Å². The van der Waals surface area contributed by atoms with E-state index in [1.54, 1.807) is 18.3 Å². The smallest absolute Gasteiger partial charge is 0.201 e. The summed E-state index contributed by atoms with van der Waals surface area (Å²) in [4.78, 5) is 7.74. The van der Waals surface area contributed by atoms with Crippen LogP contribution in [0.15, 0.2) is 46.3 Å². The van der Waals surface area contributed by atoms with E-state index < -0.39 is 9.84 Å². The third-order valence-corrected chi connectivity index (χ3v) is 4.29. The predicted molar refractivity (Wildman–Crippen MR) is 71.5 cm³/mol. The molecule has 7 heteroatoms. The molecule has 0 atom stereocenters. The fourth-order valence-electron chi connectivity index (χ4n) is 1.49. The van der Waals surface area contributed by atoms with Crippen molar-refractivity contribution in [3.63, 3.8) is 0 Å². The Morgan fingerprint density at radius 3 is 2.78 bits per heavy atom. The number of sulfone groups is 1. The summed E-state index contributed by atoms with van der Waals surface area (Å²) in [5.41, 5.74) is 6.36. The van der Waals surface area contributed by atoms with Crippen LogP contribution in [-0.2, 0) is 15.6 Å². The minimum Gasteiger partial charge on any atom is -0.396 e. The molecule has 2 aromatic rings. The van der Waals surface area contributed by atoms with Gasteiger partial charge in [0.05, 0.1) is 11.4 Å². The Balaban J connectivity index is 2.37. The first kappa shape index (κ1) is 13.0. The van der Waals surface area contributed by atoms with Crippen LogP contribution in [0.4, 0.5) is 5.69 Å². The van der Waals surface area contributed by atoms with Gasteiger partial charge in [0.2, 0.25) is 9.84 Å². The van der Waals surface area contributed by atoms with Crippen LogP contribution in [0, 0.1) is 0 Å². The Kier molecular flexibility index (Phi) is 3.63. The minimum absolute atomic E-state index is 0.0926. The van der Waals surface area contributed by atoms with Gasteiger partial charge in [-0.2, -0.15) is 0 Å². The van der Waals surface area contributed by atoms with Gasteiger partial charge >= 0.3 is 0 Å². The monoisotopic (exact) mass is 327 g/mol. The van der Waals surface area contributed by atoms with Crippen LogP contribution in [0.2, 0.25) is 0 Å². The van der Waals surface area contributed by atoms with Crippen LogP contribution in [0.25, 0.3) is 0 Å². The Morgan fingerprint density at radius 1 is 1.33 bits per heavy atom.